The van der Waals surface area contributed by atoms with Gasteiger partial charge in [0.05, 0.1) is 25.9 Å². The molecule has 4 rings (SSSR count). The van der Waals surface area contributed by atoms with Crippen LogP contribution in [0.1, 0.15) is 24.4 Å². The predicted octanol–water partition coefficient (Wildman–Crippen LogP) is 2.79. The summed E-state index contributed by atoms with van der Waals surface area (Å²) in [5.41, 5.74) is 1.59. The van der Waals surface area contributed by atoms with Gasteiger partial charge in [0.15, 0.2) is 6.61 Å². The maximum Gasteiger partial charge on any atom is 0.265 e. The van der Waals surface area contributed by atoms with Crippen LogP contribution in [0.5, 0.6) is 17.2 Å². The third-order valence-corrected chi connectivity index (χ3v) is 5.47. The number of ether oxygens (including phenoxy) is 3. The monoisotopic (exact) mass is 396 g/mol. The van der Waals surface area contributed by atoms with E-state index >= 15 is 0 Å². The van der Waals surface area contributed by atoms with Crippen molar-refractivity contribution in [2.24, 2.45) is 0 Å². The maximum atomic E-state index is 13.2. The third kappa shape index (κ3) is 3.60. The van der Waals surface area contributed by atoms with Crippen LogP contribution in [-0.2, 0) is 9.59 Å². The predicted molar refractivity (Wildman–Crippen MR) is 108 cm³/mol. The van der Waals surface area contributed by atoms with Crippen LogP contribution in [-0.4, -0.2) is 50.6 Å². The summed E-state index contributed by atoms with van der Waals surface area (Å²) in [5.74, 6) is 1.72. The first kappa shape index (κ1) is 19.1. The molecule has 1 atom stereocenters. The van der Waals surface area contributed by atoms with E-state index < -0.39 is 0 Å². The largest absolute Gasteiger partial charge is 0.497 e. The van der Waals surface area contributed by atoms with Crippen molar-refractivity contribution in [3.8, 4) is 17.2 Å². The van der Waals surface area contributed by atoms with Crippen molar-refractivity contribution in [1.29, 1.82) is 0 Å². The molecule has 0 aromatic heterocycles. The number of hydrogen-bond donors (Lipinski definition) is 0. The average Bonchev–Trinajstić information content (AvgIpc) is 3.25. The van der Waals surface area contributed by atoms with Gasteiger partial charge in [-0.25, -0.2) is 0 Å². The fraction of sp³-hybridized carbons (Fsp3) is 0.364. The van der Waals surface area contributed by atoms with E-state index in [9.17, 15) is 9.59 Å². The highest BCUT2D eigenvalue weighted by atomic mass is 16.5. The highest BCUT2D eigenvalue weighted by molar-refractivity contribution is 6.02. The quantitative estimate of drug-likeness (QED) is 0.777. The number of para-hydroxylation sites is 2. The molecular formula is C22H24N2O5. The Morgan fingerprint density at radius 2 is 2.00 bits per heavy atom. The molecule has 2 amide bonds. The van der Waals surface area contributed by atoms with E-state index in [4.69, 9.17) is 14.2 Å². The van der Waals surface area contributed by atoms with Gasteiger partial charge in [0, 0.05) is 18.2 Å². The molecule has 1 fully saturated rings. The Kier molecular flexibility index (Phi) is 5.29. The molecule has 2 aliphatic rings. The minimum Gasteiger partial charge on any atom is -0.497 e. The Bertz CT molecular complexity index is 929. The lowest BCUT2D eigenvalue weighted by Gasteiger charge is -2.32. The van der Waals surface area contributed by atoms with Gasteiger partial charge in [-0.2, -0.15) is 0 Å². The molecule has 7 nitrogen and oxygen atoms in total. The van der Waals surface area contributed by atoms with Crippen molar-refractivity contribution in [1.82, 2.24) is 4.90 Å². The van der Waals surface area contributed by atoms with Crippen LogP contribution in [0.2, 0.25) is 0 Å². The lowest BCUT2D eigenvalue weighted by molar-refractivity contribution is -0.132. The minimum absolute atomic E-state index is 0.00578. The molecule has 2 heterocycles. The van der Waals surface area contributed by atoms with Gasteiger partial charge in [-0.3, -0.25) is 14.5 Å². The van der Waals surface area contributed by atoms with Gasteiger partial charge in [-0.05, 0) is 37.1 Å². The van der Waals surface area contributed by atoms with Crippen LogP contribution in [0.15, 0.2) is 42.5 Å². The van der Waals surface area contributed by atoms with E-state index in [1.54, 1.807) is 26.4 Å². The summed E-state index contributed by atoms with van der Waals surface area (Å²) in [6.07, 6.45) is 1.75. The van der Waals surface area contributed by atoms with Crippen molar-refractivity contribution in [2.75, 3.05) is 38.8 Å². The molecule has 29 heavy (non-hydrogen) atoms. The van der Waals surface area contributed by atoms with Crippen LogP contribution in [0, 0.1) is 0 Å². The second-order valence-corrected chi connectivity index (χ2v) is 7.09. The molecule has 2 aromatic carbocycles. The summed E-state index contributed by atoms with van der Waals surface area (Å²) < 4.78 is 16.3. The van der Waals surface area contributed by atoms with Crippen molar-refractivity contribution in [3.63, 3.8) is 0 Å². The minimum atomic E-state index is -0.213. The highest BCUT2D eigenvalue weighted by Crippen LogP contribution is 2.39. The maximum absolute atomic E-state index is 13.2. The smallest absolute Gasteiger partial charge is 0.265 e. The number of amides is 2. The third-order valence-electron chi connectivity index (χ3n) is 5.47. The Hall–Kier alpha value is -3.22. The van der Waals surface area contributed by atoms with Crippen molar-refractivity contribution in [2.45, 2.75) is 18.9 Å². The lowest BCUT2D eigenvalue weighted by Crippen LogP contribution is -2.46. The Labute approximate surface area is 169 Å². The van der Waals surface area contributed by atoms with E-state index in [2.05, 4.69) is 0 Å². The first-order chi connectivity index (χ1) is 14.1. The molecule has 1 unspecified atom stereocenters. The van der Waals surface area contributed by atoms with Gasteiger partial charge >= 0.3 is 0 Å². The number of fused-ring (bicyclic) bond motifs is 1. The first-order valence-electron chi connectivity index (χ1n) is 9.66. The number of rotatable bonds is 5. The molecule has 0 spiro atoms. The van der Waals surface area contributed by atoms with E-state index in [0.717, 1.165) is 18.4 Å². The highest BCUT2D eigenvalue weighted by Gasteiger charge is 2.35. The number of nitrogens with zero attached hydrogens (tertiary/aromatic N) is 2. The zero-order valence-corrected chi connectivity index (χ0v) is 16.6. The van der Waals surface area contributed by atoms with E-state index in [1.807, 2.05) is 35.2 Å². The average molecular weight is 396 g/mol. The molecule has 0 bridgehead atoms. The fourth-order valence-electron chi connectivity index (χ4n) is 4.04. The van der Waals surface area contributed by atoms with Gasteiger partial charge in [0.25, 0.3) is 5.91 Å². The Morgan fingerprint density at radius 1 is 1.17 bits per heavy atom. The molecule has 7 heteroatoms. The molecular weight excluding hydrogens is 372 g/mol. The summed E-state index contributed by atoms with van der Waals surface area (Å²) in [6, 6.07) is 12.9. The fourth-order valence-corrected chi connectivity index (χ4v) is 4.04. The summed E-state index contributed by atoms with van der Waals surface area (Å²) >= 11 is 0. The Balaban J connectivity index is 1.57. The van der Waals surface area contributed by atoms with Gasteiger partial charge in [-0.1, -0.05) is 12.1 Å². The summed E-state index contributed by atoms with van der Waals surface area (Å²) in [5, 5.41) is 0. The number of hydrogen-bond acceptors (Lipinski definition) is 5. The normalized spacial score (nSPS) is 18.3. The Morgan fingerprint density at radius 3 is 2.79 bits per heavy atom. The molecule has 152 valence electrons. The topological polar surface area (TPSA) is 68.3 Å². The number of carbonyl (C=O) groups excluding carboxylic acids is 2. The second kappa shape index (κ2) is 8.03. The van der Waals surface area contributed by atoms with Crippen molar-refractivity contribution >= 4 is 17.5 Å². The zero-order valence-electron chi connectivity index (χ0n) is 16.6. The number of benzene rings is 2. The van der Waals surface area contributed by atoms with E-state index in [1.165, 1.54) is 4.90 Å². The van der Waals surface area contributed by atoms with E-state index in [0.29, 0.717) is 29.5 Å². The standard InChI is InChI=1S/C22H24N2O5/c1-27-15-9-10-16(20(12-15)28-2)17-7-5-11-23(17)21(25)13-24-18-6-3-4-8-19(18)29-14-22(24)26/h3-4,6,8-10,12,17H,5,7,11,13-14H2,1-2H3. The second-order valence-electron chi connectivity index (χ2n) is 7.09. The number of carbonyl (C=O) groups is 2. The zero-order chi connectivity index (χ0) is 20.4. The van der Waals surface area contributed by atoms with Gasteiger partial charge < -0.3 is 19.1 Å². The van der Waals surface area contributed by atoms with Crippen LogP contribution in [0.25, 0.3) is 0 Å². The lowest BCUT2D eigenvalue weighted by atomic mass is 10.0. The van der Waals surface area contributed by atoms with Crippen molar-refractivity contribution < 1.29 is 23.8 Å². The van der Waals surface area contributed by atoms with Crippen LogP contribution in [0.3, 0.4) is 0 Å². The molecule has 2 aromatic rings. The molecule has 2 aliphatic heterocycles. The molecule has 0 N–H and O–H groups in total. The van der Waals surface area contributed by atoms with Gasteiger partial charge in [0.2, 0.25) is 5.91 Å². The summed E-state index contributed by atoms with van der Waals surface area (Å²) in [7, 11) is 3.22. The van der Waals surface area contributed by atoms with Crippen LogP contribution in [0.4, 0.5) is 5.69 Å². The van der Waals surface area contributed by atoms with Crippen LogP contribution < -0.4 is 19.1 Å². The SMILES string of the molecule is COc1ccc(C2CCCN2C(=O)CN2C(=O)COc3ccccc32)c(OC)c1. The number of anilines is 1. The number of likely N-dealkylation sites (tertiary alicyclic amines) is 1. The molecule has 0 aliphatic carbocycles. The molecule has 0 saturated carbocycles. The van der Waals surface area contributed by atoms with Gasteiger partial charge in [-0.15, -0.1) is 0 Å². The molecule has 1 saturated heterocycles. The van der Waals surface area contributed by atoms with Crippen LogP contribution >= 0.6 is 0 Å². The summed E-state index contributed by atoms with van der Waals surface area (Å²) in [4.78, 5) is 29.0. The van der Waals surface area contributed by atoms with Gasteiger partial charge in [0.1, 0.15) is 23.8 Å². The number of methoxy groups -OCH3 is 2. The van der Waals surface area contributed by atoms with E-state index in [-0.39, 0.29) is 31.0 Å². The van der Waals surface area contributed by atoms with Crippen molar-refractivity contribution in [3.05, 3.63) is 48.0 Å². The first-order valence-corrected chi connectivity index (χ1v) is 9.66. The molecule has 0 radical (unpaired) electrons. The summed E-state index contributed by atoms with van der Waals surface area (Å²) in [6.45, 7) is 0.590.